The first-order chi connectivity index (χ1) is 8.49. The van der Waals surface area contributed by atoms with Gasteiger partial charge in [0.25, 0.3) is 0 Å². The van der Waals surface area contributed by atoms with Gasteiger partial charge < -0.3 is 15.5 Å². The van der Waals surface area contributed by atoms with Gasteiger partial charge in [-0.25, -0.2) is 0 Å². The summed E-state index contributed by atoms with van der Waals surface area (Å²) < 4.78 is 0. The Bertz CT molecular complexity index is 456. The molecule has 4 nitrogen and oxygen atoms in total. The number of nitrogens with one attached hydrogen (secondary N) is 1. The third kappa shape index (κ3) is 2.48. The monoisotopic (exact) mass is 249 g/mol. The molecule has 3 N–H and O–H groups in total. The summed E-state index contributed by atoms with van der Waals surface area (Å²) in [5.74, 6) is -0.509. The molecule has 2 unspecified atom stereocenters. The highest BCUT2D eigenvalue weighted by Crippen LogP contribution is 2.34. The SMILES string of the molecule is CC(C)c1ccc(O)c(C2CC(C(=O)O)CN2)c1. The molecule has 1 heterocycles. The van der Waals surface area contributed by atoms with E-state index in [-0.39, 0.29) is 17.7 Å². The van der Waals surface area contributed by atoms with E-state index in [0.717, 1.165) is 11.1 Å². The van der Waals surface area contributed by atoms with E-state index in [2.05, 4.69) is 19.2 Å². The summed E-state index contributed by atoms with van der Waals surface area (Å²) in [5.41, 5.74) is 1.97. The number of hydrogen-bond donors (Lipinski definition) is 3. The number of carboxylic acid groups (broad SMARTS) is 1. The Kier molecular flexibility index (Phi) is 3.57. The molecule has 0 bridgehead atoms. The number of aromatic hydroxyl groups is 1. The van der Waals surface area contributed by atoms with E-state index in [0.29, 0.717) is 18.9 Å². The zero-order chi connectivity index (χ0) is 13.3. The summed E-state index contributed by atoms with van der Waals surface area (Å²) in [6.07, 6.45) is 0.532. The molecule has 1 fully saturated rings. The van der Waals surface area contributed by atoms with Gasteiger partial charge in [-0.15, -0.1) is 0 Å². The average Bonchev–Trinajstić information content (AvgIpc) is 2.78. The molecule has 0 aromatic heterocycles. The third-order valence-electron chi connectivity index (χ3n) is 3.57. The van der Waals surface area contributed by atoms with E-state index in [1.165, 1.54) is 0 Å². The Morgan fingerprint density at radius 1 is 1.44 bits per heavy atom. The lowest BCUT2D eigenvalue weighted by molar-refractivity contribution is -0.141. The van der Waals surface area contributed by atoms with E-state index >= 15 is 0 Å². The van der Waals surface area contributed by atoms with Crippen LogP contribution >= 0.6 is 0 Å². The summed E-state index contributed by atoms with van der Waals surface area (Å²) in [5, 5.41) is 22.1. The largest absolute Gasteiger partial charge is 0.508 e. The lowest BCUT2D eigenvalue weighted by Gasteiger charge is -2.15. The number of carboxylic acids is 1. The number of aliphatic carboxylic acids is 1. The lowest BCUT2D eigenvalue weighted by atomic mass is 9.94. The minimum Gasteiger partial charge on any atom is -0.508 e. The number of rotatable bonds is 3. The van der Waals surface area contributed by atoms with Crippen LogP contribution in [-0.4, -0.2) is 22.7 Å². The number of carbonyl (C=O) groups is 1. The molecular formula is C14H19NO3. The van der Waals surface area contributed by atoms with Crippen molar-refractivity contribution in [3.63, 3.8) is 0 Å². The Labute approximate surface area is 107 Å². The molecule has 98 valence electrons. The molecule has 0 aliphatic carbocycles. The Hall–Kier alpha value is -1.55. The molecule has 0 spiro atoms. The van der Waals surface area contributed by atoms with Crippen molar-refractivity contribution in [2.75, 3.05) is 6.54 Å². The van der Waals surface area contributed by atoms with Crippen molar-refractivity contribution >= 4 is 5.97 Å². The van der Waals surface area contributed by atoms with Crippen LogP contribution in [0.5, 0.6) is 5.75 Å². The van der Waals surface area contributed by atoms with Crippen molar-refractivity contribution in [3.05, 3.63) is 29.3 Å². The second kappa shape index (κ2) is 4.98. The van der Waals surface area contributed by atoms with Gasteiger partial charge in [-0.2, -0.15) is 0 Å². The maximum absolute atomic E-state index is 10.9. The molecular weight excluding hydrogens is 230 g/mol. The fourth-order valence-electron chi connectivity index (χ4n) is 2.37. The molecule has 0 radical (unpaired) electrons. The number of benzene rings is 1. The van der Waals surface area contributed by atoms with Crippen molar-refractivity contribution in [2.45, 2.75) is 32.2 Å². The van der Waals surface area contributed by atoms with Crippen LogP contribution in [0.3, 0.4) is 0 Å². The van der Waals surface area contributed by atoms with Gasteiger partial charge >= 0.3 is 5.97 Å². The minimum absolute atomic E-state index is 0.0650. The van der Waals surface area contributed by atoms with Gasteiger partial charge in [-0.3, -0.25) is 4.79 Å². The number of phenols is 1. The first-order valence-corrected chi connectivity index (χ1v) is 6.28. The summed E-state index contributed by atoms with van der Waals surface area (Å²) in [4.78, 5) is 10.9. The smallest absolute Gasteiger partial charge is 0.307 e. The summed E-state index contributed by atoms with van der Waals surface area (Å²) in [6, 6.07) is 5.51. The maximum atomic E-state index is 10.9. The summed E-state index contributed by atoms with van der Waals surface area (Å²) >= 11 is 0. The molecule has 1 aromatic rings. The van der Waals surface area contributed by atoms with Crippen LogP contribution in [0.1, 0.15) is 43.4 Å². The molecule has 1 saturated heterocycles. The minimum atomic E-state index is -0.774. The van der Waals surface area contributed by atoms with Gasteiger partial charge in [0.1, 0.15) is 5.75 Å². The second-order valence-electron chi connectivity index (χ2n) is 5.20. The van der Waals surface area contributed by atoms with Crippen LogP contribution in [0.25, 0.3) is 0 Å². The number of phenolic OH excluding ortho intramolecular Hbond substituents is 1. The van der Waals surface area contributed by atoms with Gasteiger partial charge in [0, 0.05) is 18.2 Å². The zero-order valence-electron chi connectivity index (χ0n) is 10.7. The summed E-state index contributed by atoms with van der Waals surface area (Å²) in [7, 11) is 0. The maximum Gasteiger partial charge on any atom is 0.307 e. The summed E-state index contributed by atoms with van der Waals surface area (Å²) in [6.45, 7) is 4.65. The van der Waals surface area contributed by atoms with Crippen LogP contribution in [0.2, 0.25) is 0 Å². The van der Waals surface area contributed by atoms with Crippen molar-refractivity contribution in [1.82, 2.24) is 5.32 Å². The van der Waals surface area contributed by atoms with E-state index in [9.17, 15) is 9.90 Å². The molecule has 0 amide bonds. The molecule has 1 aliphatic rings. The zero-order valence-corrected chi connectivity index (χ0v) is 10.7. The van der Waals surface area contributed by atoms with Crippen molar-refractivity contribution < 1.29 is 15.0 Å². The van der Waals surface area contributed by atoms with Crippen LogP contribution in [0.15, 0.2) is 18.2 Å². The van der Waals surface area contributed by atoms with E-state index < -0.39 is 5.97 Å². The predicted molar refractivity (Wildman–Crippen MR) is 68.7 cm³/mol. The molecule has 0 saturated carbocycles. The fraction of sp³-hybridized carbons (Fsp3) is 0.500. The number of hydrogen-bond acceptors (Lipinski definition) is 3. The molecule has 1 aliphatic heterocycles. The highest BCUT2D eigenvalue weighted by Gasteiger charge is 2.31. The quantitative estimate of drug-likeness (QED) is 0.768. The van der Waals surface area contributed by atoms with Crippen molar-refractivity contribution in [1.29, 1.82) is 0 Å². The van der Waals surface area contributed by atoms with Crippen molar-refractivity contribution in [3.8, 4) is 5.75 Å². The molecule has 2 rings (SSSR count). The van der Waals surface area contributed by atoms with Gasteiger partial charge in [-0.1, -0.05) is 26.0 Å². The third-order valence-corrected chi connectivity index (χ3v) is 3.57. The van der Waals surface area contributed by atoms with Gasteiger partial charge in [-0.05, 0) is 24.0 Å². The highest BCUT2D eigenvalue weighted by molar-refractivity contribution is 5.71. The molecule has 1 aromatic carbocycles. The second-order valence-corrected chi connectivity index (χ2v) is 5.20. The van der Waals surface area contributed by atoms with Crippen molar-refractivity contribution in [2.24, 2.45) is 5.92 Å². The van der Waals surface area contributed by atoms with Crippen LogP contribution in [-0.2, 0) is 4.79 Å². The van der Waals surface area contributed by atoms with Crippen LogP contribution < -0.4 is 5.32 Å². The molecule has 18 heavy (non-hydrogen) atoms. The predicted octanol–water partition coefficient (Wildman–Crippen LogP) is 2.25. The first kappa shape index (κ1) is 12.9. The van der Waals surface area contributed by atoms with Crippen LogP contribution in [0.4, 0.5) is 0 Å². The van der Waals surface area contributed by atoms with E-state index in [1.807, 2.05) is 12.1 Å². The Morgan fingerprint density at radius 3 is 2.72 bits per heavy atom. The van der Waals surface area contributed by atoms with E-state index in [1.54, 1.807) is 6.07 Å². The Balaban J connectivity index is 2.23. The molecule has 4 heteroatoms. The van der Waals surface area contributed by atoms with Crippen LogP contribution in [0, 0.1) is 5.92 Å². The van der Waals surface area contributed by atoms with Gasteiger partial charge in [0.2, 0.25) is 0 Å². The first-order valence-electron chi connectivity index (χ1n) is 6.28. The van der Waals surface area contributed by atoms with E-state index in [4.69, 9.17) is 5.11 Å². The molecule has 2 atom stereocenters. The standard InChI is InChI=1S/C14H19NO3/c1-8(2)9-3-4-13(16)11(5-9)12-6-10(7-15-12)14(17)18/h3-5,8,10,12,15-16H,6-7H2,1-2H3,(H,17,18). The normalized spacial score (nSPS) is 23.5. The Morgan fingerprint density at radius 2 is 2.17 bits per heavy atom. The van der Waals surface area contributed by atoms with Gasteiger partial charge in [0.05, 0.1) is 5.92 Å². The average molecular weight is 249 g/mol. The topological polar surface area (TPSA) is 69.6 Å². The van der Waals surface area contributed by atoms with Gasteiger partial charge in [0.15, 0.2) is 0 Å². The highest BCUT2D eigenvalue weighted by atomic mass is 16.4. The lowest BCUT2D eigenvalue weighted by Crippen LogP contribution is -2.17. The fourth-order valence-corrected chi connectivity index (χ4v) is 2.37.